The molecule has 1 aromatic rings. The van der Waals surface area contributed by atoms with E-state index in [-0.39, 0.29) is 18.3 Å². The van der Waals surface area contributed by atoms with Gasteiger partial charge in [0.2, 0.25) is 0 Å². The zero-order valence-electron chi connectivity index (χ0n) is 12.1. The maximum Gasteiger partial charge on any atom is 0.270 e. The maximum atomic E-state index is 11.8. The molecule has 3 N–H and O–H groups in total. The van der Waals surface area contributed by atoms with Crippen molar-refractivity contribution in [2.75, 3.05) is 26.3 Å². The molecule has 1 amide bonds. The molecule has 0 bridgehead atoms. The minimum atomic E-state index is -0.122. The standard InChI is InChI=1S/C13H23N3O2S.ClH/c1-10(2)8-18-7-3-6-15-13(17)11-9-19-12(16-11)4-5-14;/h9-10H,3-8,14H2,1-2H3,(H,15,17);1H. The molecule has 0 aliphatic rings. The van der Waals surface area contributed by atoms with Crippen molar-refractivity contribution in [3.8, 4) is 0 Å². The number of nitrogens with one attached hydrogen (secondary N) is 1. The summed E-state index contributed by atoms with van der Waals surface area (Å²) in [6.07, 6.45) is 1.54. The molecule has 1 rings (SSSR count). The zero-order chi connectivity index (χ0) is 14.1. The fourth-order valence-corrected chi connectivity index (χ4v) is 2.23. The summed E-state index contributed by atoms with van der Waals surface area (Å²) in [5, 5.41) is 5.52. The van der Waals surface area contributed by atoms with Gasteiger partial charge in [0.15, 0.2) is 0 Å². The van der Waals surface area contributed by atoms with Crippen molar-refractivity contribution in [2.45, 2.75) is 26.7 Å². The molecule has 0 aliphatic heterocycles. The van der Waals surface area contributed by atoms with Crippen LogP contribution in [0.3, 0.4) is 0 Å². The van der Waals surface area contributed by atoms with Gasteiger partial charge in [0.1, 0.15) is 5.69 Å². The molecule has 20 heavy (non-hydrogen) atoms. The molecule has 0 spiro atoms. The van der Waals surface area contributed by atoms with Crippen LogP contribution in [0.25, 0.3) is 0 Å². The molecule has 0 saturated heterocycles. The van der Waals surface area contributed by atoms with Gasteiger partial charge < -0.3 is 15.8 Å². The van der Waals surface area contributed by atoms with E-state index >= 15 is 0 Å². The van der Waals surface area contributed by atoms with Crippen LogP contribution in [0, 0.1) is 5.92 Å². The first-order valence-electron chi connectivity index (χ1n) is 6.64. The number of carbonyl (C=O) groups excluding carboxylic acids is 1. The number of amides is 1. The molecule has 116 valence electrons. The second-order valence-electron chi connectivity index (χ2n) is 4.74. The molecule has 0 atom stereocenters. The number of halogens is 1. The summed E-state index contributed by atoms with van der Waals surface area (Å²) in [6, 6.07) is 0. The van der Waals surface area contributed by atoms with Crippen LogP contribution in [0.2, 0.25) is 0 Å². The molecular formula is C13H24ClN3O2S. The minimum absolute atomic E-state index is 0. The van der Waals surface area contributed by atoms with Crippen molar-refractivity contribution < 1.29 is 9.53 Å². The highest BCUT2D eigenvalue weighted by Gasteiger charge is 2.09. The second-order valence-corrected chi connectivity index (χ2v) is 5.69. The van der Waals surface area contributed by atoms with Crippen LogP contribution in [0.5, 0.6) is 0 Å². The van der Waals surface area contributed by atoms with E-state index in [1.807, 2.05) is 0 Å². The molecule has 1 heterocycles. The van der Waals surface area contributed by atoms with E-state index in [2.05, 4.69) is 24.1 Å². The Hall–Kier alpha value is -0.690. The van der Waals surface area contributed by atoms with Crippen LogP contribution in [0.15, 0.2) is 5.38 Å². The highest BCUT2D eigenvalue weighted by Crippen LogP contribution is 2.09. The lowest BCUT2D eigenvalue weighted by molar-refractivity contribution is 0.0921. The van der Waals surface area contributed by atoms with E-state index < -0.39 is 0 Å². The van der Waals surface area contributed by atoms with E-state index in [9.17, 15) is 4.79 Å². The van der Waals surface area contributed by atoms with Gasteiger partial charge >= 0.3 is 0 Å². The van der Waals surface area contributed by atoms with Gasteiger partial charge in [-0.05, 0) is 18.9 Å². The van der Waals surface area contributed by atoms with Crippen LogP contribution in [-0.4, -0.2) is 37.2 Å². The predicted octanol–water partition coefficient (Wildman–Crippen LogP) is 1.86. The lowest BCUT2D eigenvalue weighted by Gasteiger charge is -2.07. The number of ether oxygens (including phenoxy) is 1. The number of aromatic nitrogens is 1. The average molecular weight is 322 g/mol. The molecule has 0 saturated carbocycles. The Labute approximate surface area is 130 Å². The number of carbonyl (C=O) groups is 1. The van der Waals surface area contributed by atoms with Crippen molar-refractivity contribution in [3.63, 3.8) is 0 Å². The van der Waals surface area contributed by atoms with Gasteiger partial charge in [0.05, 0.1) is 5.01 Å². The SMILES string of the molecule is CC(C)COCCCNC(=O)c1csc(CCN)n1.Cl. The topological polar surface area (TPSA) is 77.2 Å². The molecular weight excluding hydrogens is 298 g/mol. The van der Waals surface area contributed by atoms with Gasteiger partial charge in [0, 0.05) is 31.6 Å². The first-order valence-corrected chi connectivity index (χ1v) is 7.52. The second kappa shape index (κ2) is 11.0. The molecule has 0 aliphatic carbocycles. The molecule has 7 heteroatoms. The number of nitrogens with two attached hydrogens (primary N) is 1. The smallest absolute Gasteiger partial charge is 0.270 e. The van der Waals surface area contributed by atoms with Crippen LogP contribution >= 0.6 is 23.7 Å². The summed E-state index contributed by atoms with van der Waals surface area (Å²) >= 11 is 1.48. The van der Waals surface area contributed by atoms with Crippen molar-refractivity contribution >= 4 is 29.7 Å². The van der Waals surface area contributed by atoms with Gasteiger partial charge in [-0.1, -0.05) is 13.8 Å². The van der Waals surface area contributed by atoms with Crippen molar-refractivity contribution in [1.29, 1.82) is 0 Å². The molecule has 0 radical (unpaired) electrons. The average Bonchev–Trinajstić information content (AvgIpc) is 2.82. The Bertz CT molecular complexity index is 385. The number of nitrogens with zero attached hydrogens (tertiary/aromatic N) is 1. The summed E-state index contributed by atoms with van der Waals surface area (Å²) in [5.41, 5.74) is 5.93. The Balaban J connectivity index is 0.00000361. The Morgan fingerprint density at radius 1 is 1.55 bits per heavy atom. The lowest BCUT2D eigenvalue weighted by atomic mass is 10.2. The van der Waals surface area contributed by atoms with Gasteiger partial charge in [0.25, 0.3) is 5.91 Å². The first-order chi connectivity index (χ1) is 9.13. The molecule has 1 aromatic heterocycles. The van der Waals surface area contributed by atoms with Gasteiger partial charge in [-0.15, -0.1) is 23.7 Å². The normalized spacial score (nSPS) is 10.4. The quantitative estimate of drug-likeness (QED) is 0.681. The number of hydrogen-bond donors (Lipinski definition) is 2. The van der Waals surface area contributed by atoms with Gasteiger partial charge in [-0.25, -0.2) is 4.98 Å². The summed E-state index contributed by atoms with van der Waals surface area (Å²) in [7, 11) is 0. The van der Waals surface area contributed by atoms with E-state index in [4.69, 9.17) is 10.5 Å². The van der Waals surface area contributed by atoms with E-state index in [0.29, 0.717) is 31.3 Å². The number of thiazole rings is 1. The lowest BCUT2D eigenvalue weighted by Crippen LogP contribution is -2.25. The minimum Gasteiger partial charge on any atom is -0.381 e. The molecule has 0 aromatic carbocycles. The fourth-order valence-electron chi connectivity index (χ4n) is 1.44. The number of rotatable bonds is 9. The Kier molecular flexibility index (Phi) is 10.6. The van der Waals surface area contributed by atoms with E-state index in [1.54, 1.807) is 5.38 Å². The fraction of sp³-hybridized carbons (Fsp3) is 0.692. The predicted molar refractivity (Wildman–Crippen MR) is 84.7 cm³/mol. The van der Waals surface area contributed by atoms with Crippen LogP contribution in [0.1, 0.15) is 35.8 Å². The first kappa shape index (κ1) is 19.3. The molecule has 5 nitrogen and oxygen atoms in total. The molecule has 0 unspecified atom stereocenters. The van der Waals surface area contributed by atoms with Crippen molar-refractivity contribution in [3.05, 3.63) is 16.1 Å². The van der Waals surface area contributed by atoms with Crippen molar-refractivity contribution in [1.82, 2.24) is 10.3 Å². The zero-order valence-corrected chi connectivity index (χ0v) is 13.7. The third kappa shape index (κ3) is 7.79. The summed E-state index contributed by atoms with van der Waals surface area (Å²) in [5.74, 6) is 0.425. The summed E-state index contributed by atoms with van der Waals surface area (Å²) in [6.45, 7) is 6.84. The summed E-state index contributed by atoms with van der Waals surface area (Å²) in [4.78, 5) is 16.0. The third-order valence-electron chi connectivity index (χ3n) is 2.34. The largest absolute Gasteiger partial charge is 0.381 e. The Morgan fingerprint density at radius 2 is 2.30 bits per heavy atom. The van der Waals surface area contributed by atoms with Crippen molar-refractivity contribution in [2.24, 2.45) is 11.7 Å². The third-order valence-corrected chi connectivity index (χ3v) is 3.25. The number of hydrogen-bond acceptors (Lipinski definition) is 5. The van der Waals surface area contributed by atoms with E-state index in [0.717, 1.165) is 24.5 Å². The Morgan fingerprint density at radius 3 is 2.95 bits per heavy atom. The van der Waals surface area contributed by atoms with E-state index in [1.165, 1.54) is 11.3 Å². The maximum absolute atomic E-state index is 11.8. The van der Waals surface area contributed by atoms with Gasteiger partial charge in [-0.2, -0.15) is 0 Å². The summed E-state index contributed by atoms with van der Waals surface area (Å²) < 4.78 is 5.44. The van der Waals surface area contributed by atoms with Gasteiger partial charge in [-0.3, -0.25) is 4.79 Å². The van der Waals surface area contributed by atoms with Crippen LogP contribution in [-0.2, 0) is 11.2 Å². The van der Waals surface area contributed by atoms with Crippen LogP contribution < -0.4 is 11.1 Å². The molecule has 0 fully saturated rings. The highest BCUT2D eigenvalue weighted by atomic mass is 35.5. The van der Waals surface area contributed by atoms with Crippen LogP contribution in [0.4, 0.5) is 0 Å². The monoisotopic (exact) mass is 321 g/mol. The highest BCUT2D eigenvalue weighted by molar-refractivity contribution is 7.09.